The van der Waals surface area contributed by atoms with Gasteiger partial charge in [0, 0.05) is 6.04 Å². The van der Waals surface area contributed by atoms with Crippen molar-refractivity contribution >= 4 is 57.5 Å². The predicted octanol–water partition coefficient (Wildman–Crippen LogP) is 4.08. The zero-order valence-corrected chi connectivity index (χ0v) is 19.1. The van der Waals surface area contributed by atoms with Crippen molar-refractivity contribution in [2.24, 2.45) is 0 Å². The number of carbonyl (C=O) groups excluding carboxylic acids is 3. The minimum atomic E-state index is -0.466. The second-order valence-corrected chi connectivity index (χ2v) is 8.16. The van der Waals surface area contributed by atoms with Gasteiger partial charge in [0.15, 0.2) is 18.1 Å². The van der Waals surface area contributed by atoms with E-state index >= 15 is 0 Å². The lowest BCUT2D eigenvalue weighted by atomic mass is 10.1. The van der Waals surface area contributed by atoms with Crippen LogP contribution in [0.25, 0.3) is 6.08 Å². The molecule has 0 aromatic heterocycles. The monoisotopic (exact) mass is 519 g/mol. The molecule has 1 aromatic rings. The Bertz CT molecular complexity index is 808. The summed E-state index contributed by atoms with van der Waals surface area (Å²) < 4.78 is 16.8. The van der Waals surface area contributed by atoms with Crippen LogP contribution in [0.2, 0.25) is 0 Å². The molecule has 1 heterocycles. The van der Waals surface area contributed by atoms with Crippen LogP contribution in [0.1, 0.15) is 33.3 Å². The summed E-state index contributed by atoms with van der Waals surface area (Å²) in [7, 11) is 0. The van der Waals surface area contributed by atoms with Gasteiger partial charge in [-0.05, 0) is 85.8 Å². The molecule has 0 radical (unpaired) electrons. The maximum absolute atomic E-state index is 12.5. The molecule has 1 saturated heterocycles. The minimum absolute atomic E-state index is 0.198. The molecule has 28 heavy (non-hydrogen) atoms. The third-order valence-corrected chi connectivity index (χ3v) is 5.29. The maximum atomic E-state index is 12.5. The number of esters is 1. The molecule has 0 bridgehead atoms. The molecule has 9 heteroatoms. The Labute approximate surface area is 181 Å². The fraction of sp³-hybridized carbons (Fsp3) is 0.421. The number of benzene rings is 1. The molecule has 1 aliphatic rings. The Kier molecular flexibility index (Phi) is 8.17. The molecule has 1 fully saturated rings. The fourth-order valence-corrected chi connectivity index (χ4v) is 4.23. The van der Waals surface area contributed by atoms with Crippen LogP contribution in [0.5, 0.6) is 11.5 Å². The SMILES string of the molecule is CCOC(=O)COc1c(I)cc(/C=C2/SC(=O)N(C(C)C)C2=O)cc1OCC. The highest BCUT2D eigenvalue weighted by molar-refractivity contribution is 14.1. The predicted molar refractivity (Wildman–Crippen MR) is 115 cm³/mol. The summed E-state index contributed by atoms with van der Waals surface area (Å²) in [5, 5.41) is -0.277. The van der Waals surface area contributed by atoms with Gasteiger partial charge in [-0.3, -0.25) is 14.5 Å². The smallest absolute Gasteiger partial charge is 0.344 e. The van der Waals surface area contributed by atoms with Crippen molar-refractivity contribution in [3.63, 3.8) is 0 Å². The van der Waals surface area contributed by atoms with E-state index in [1.165, 1.54) is 4.90 Å². The summed E-state index contributed by atoms with van der Waals surface area (Å²) in [6.45, 7) is 7.61. The molecule has 0 atom stereocenters. The van der Waals surface area contributed by atoms with Crippen LogP contribution in [-0.4, -0.2) is 47.9 Å². The number of amides is 2. The molecule has 152 valence electrons. The number of ether oxygens (including phenoxy) is 3. The highest BCUT2D eigenvalue weighted by Crippen LogP contribution is 2.38. The minimum Gasteiger partial charge on any atom is -0.490 e. The summed E-state index contributed by atoms with van der Waals surface area (Å²) in [6, 6.07) is 3.32. The molecular formula is C19H22INO6S. The lowest BCUT2D eigenvalue weighted by molar-refractivity contribution is -0.145. The summed E-state index contributed by atoms with van der Waals surface area (Å²) in [4.78, 5) is 37.7. The average Bonchev–Trinajstić information content (AvgIpc) is 2.88. The van der Waals surface area contributed by atoms with Gasteiger partial charge in [0.2, 0.25) is 0 Å². The van der Waals surface area contributed by atoms with Crippen molar-refractivity contribution in [1.29, 1.82) is 0 Å². The first-order valence-corrected chi connectivity index (χ1v) is 10.7. The van der Waals surface area contributed by atoms with E-state index in [0.29, 0.717) is 32.1 Å². The number of imide groups is 1. The van der Waals surface area contributed by atoms with Crippen molar-refractivity contribution < 1.29 is 28.6 Å². The molecule has 0 unspecified atom stereocenters. The second kappa shape index (κ2) is 10.1. The number of thioether (sulfide) groups is 1. The Balaban J connectivity index is 2.31. The standard InChI is InChI=1S/C19H22INO6S/c1-5-25-14-8-12(7-13(20)17(14)27-10-16(22)26-6-2)9-15-18(23)21(11(3)4)19(24)28-15/h7-9,11H,5-6,10H2,1-4H3/b15-9+. The van der Waals surface area contributed by atoms with Crippen molar-refractivity contribution in [2.75, 3.05) is 19.8 Å². The van der Waals surface area contributed by atoms with Crippen LogP contribution in [0.15, 0.2) is 17.0 Å². The molecule has 0 saturated carbocycles. The van der Waals surface area contributed by atoms with Gasteiger partial charge in [-0.1, -0.05) is 0 Å². The molecule has 1 aromatic carbocycles. The highest BCUT2D eigenvalue weighted by Gasteiger charge is 2.36. The molecule has 1 aliphatic heterocycles. The first-order valence-electron chi connectivity index (χ1n) is 8.80. The molecule has 0 N–H and O–H groups in total. The van der Waals surface area contributed by atoms with Crippen LogP contribution in [0.4, 0.5) is 4.79 Å². The van der Waals surface area contributed by atoms with Crippen molar-refractivity contribution in [3.8, 4) is 11.5 Å². The van der Waals surface area contributed by atoms with Gasteiger partial charge >= 0.3 is 5.97 Å². The Morgan fingerprint density at radius 3 is 2.50 bits per heavy atom. The first-order chi connectivity index (χ1) is 13.3. The average molecular weight is 519 g/mol. The normalized spacial score (nSPS) is 15.5. The molecule has 2 amide bonds. The second-order valence-electron chi connectivity index (χ2n) is 6.00. The van der Waals surface area contributed by atoms with Gasteiger partial charge in [-0.25, -0.2) is 4.79 Å². The number of carbonyl (C=O) groups is 3. The quantitative estimate of drug-likeness (QED) is 0.291. The first kappa shape index (κ1) is 22.5. The summed E-state index contributed by atoms with van der Waals surface area (Å²) >= 11 is 2.99. The summed E-state index contributed by atoms with van der Waals surface area (Å²) in [6.07, 6.45) is 1.66. The zero-order chi connectivity index (χ0) is 20.8. The Hall–Kier alpha value is -1.75. The molecule has 0 aliphatic carbocycles. The van der Waals surface area contributed by atoms with Crippen LogP contribution in [-0.2, 0) is 14.3 Å². The molecule has 0 spiro atoms. The van der Waals surface area contributed by atoms with E-state index in [-0.39, 0.29) is 30.4 Å². The number of halogens is 1. The lowest BCUT2D eigenvalue weighted by Gasteiger charge is -2.16. The summed E-state index contributed by atoms with van der Waals surface area (Å²) in [5.41, 5.74) is 0.700. The third-order valence-electron chi connectivity index (χ3n) is 3.61. The zero-order valence-electron chi connectivity index (χ0n) is 16.1. The van der Waals surface area contributed by atoms with Gasteiger partial charge in [0.25, 0.3) is 11.1 Å². The van der Waals surface area contributed by atoms with Gasteiger partial charge in [0.05, 0.1) is 21.7 Å². The van der Waals surface area contributed by atoms with Gasteiger partial charge in [-0.15, -0.1) is 0 Å². The molecule has 2 rings (SSSR count). The number of hydrogen-bond acceptors (Lipinski definition) is 7. The van der Waals surface area contributed by atoms with Gasteiger partial charge in [-0.2, -0.15) is 0 Å². The Morgan fingerprint density at radius 1 is 1.21 bits per heavy atom. The van der Waals surface area contributed by atoms with Crippen molar-refractivity contribution in [3.05, 3.63) is 26.2 Å². The van der Waals surface area contributed by atoms with E-state index < -0.39 is 5.97 Å². The van der Waals surface area contributed by atoms with Crippen LogP contribution in [0.3, 0.4) is 0 Å². The van der Waals surface area contributed by atoms with Crippen LogP contribution >= 0.6 is 34.4 Å². The largest absolute Gasteiger partial charge is 0.490 e. The maximum Gasteiger partial charge on any atom is 0.344 e. The van der Waals surface area contributed by atoms with E-state index in [0.717, 1.165) is 11.8 Å². The van der Waals surface area contributed by atoms with E-state index in [9.17, 15) is 14.4 Å². The van der Waals surface area contributed by atoms with Crippen molar-refractivity contribution in [2.45, 2.75) is 33.7 Å². The van der Waals surface area contributed by atoms with E-state index in [2.05, 4.69) is 22.6 Å². The van der Waals surface area contributed by atoms with Crippen LogP contribution < -0.4 is 9.47 Å². The topological polar surface area (TPSA) is 82.1 Å². The van der Waals surface area contributed by atoms with E-state index in [4.69, 9.17) is 14.2 Å². The van der Waals surface area contributed by atoms with Gasteiger partial charge < -0.3 is 14.2 Å². The Morgan fingerprint density at radius 2 is 1.93 bits per heavy atom. The van der Waals surface area contributed by atoms with E-state index in [1.807, 2.05) is 6.92 Å². The number of nitrogens with zero attached hydrogens (tertiary/aromatic N) is 1. The van der Waals surface area contributed by atoms with Crippen LogP contribution in [0, 0.1) is 3.57 Å². The highest BCUT2D eigenvalue weighted by atomic mass is 127. The van der Waals surface area contributed by atoms with Gasteiger partial charge in [0.1, 0.15) is 0 Å². The van der Waals surface area contributed by atoms with E-state index in [1.54, 1.807) is 39.0 Å². The lowest BCUT2D eigenvalue weighted by Crippen LogP contribution is -2.34. The molecular weight excluding hydrogens is 497 g/mol. The number of hydrogen-bond donors (Lipinski definition) is 0. The summed E-state index contributed by atoms with van der Waals surface area (Å²) in [5.74, 6) is 0.115. The fourth-order valence-electron chi connectivity index (χ4n) is 2.48. The molecule has 7 nitrogen and oxygen atoms in total. The third kappa shape index (κ3) is 5.40. The van der Waals surface area contributed by atoms with Crippen molar-refractivity contribution in [1.82, 2.24) is 4.90 Å². The number of rotatable bonds is 8.